The first-order valence-corrected chi connectivity index (χ1v) is 18.7. The minimum Gasteiger partial charge on any atom is -0.504 e. The molecule has 5 rings (SSSR count). The Hall–Kier alpha value is -4.02. The number of ether oxygens (including phenoxy) is 1. The normalized spacial score (nSPS) is 25.7. The van der Waals surface area contributed by atoms with Crippen molar-refractivity contribution in [3.63, 3.8) is 0 Å². The highest BCUT2D eigenvalue weighted by molar-refractivity contribution is 6.06. The Morgan fingerprint density at radius 2 is 1.84 bits per heavy atom. The molecule has 1 saturated carbocycles. The predicted octanol–water partition coefficient (Wildman–Crippen LogP) is 7.13. The second-order valence-electron chi connectivity index (χ2n) is 15.1. The molecule has 0 spiro atoms. The van der Waals surface area contributed by atoms with Gasteiger partial charge in [0.25, 0.3) is 0 Å². The second-order valence-corrected chi connectivity index (χ2v) is 15.1. The van der Waals surface area contributed by atoms with E-state index in [-0.39, 0.29) is 42.1 Å². The Morgan fingerprint density at radius 3 is 2.58 bits per heavy atom. The van der Waals surface area contributed by atoms with Crippen LogP contribution in [0.4, 0.5) is 0 Å². The number of nitrogens with two attached hydrogens (primary N) is 1. The lowest BCUT2D eigenvalue weighted by atomic mass is 9.77. The van der Waals surface area contributed by atoms with Gasteiger partial charge in [-0.25, -0.2) is 0 Å². The zero-order valence-corrected chi connectivity index (χ0v) is 30.3. The first-order chi connectivity index (χ1) is 24.1. The number of aliphatic hydroxyl groups is 1. The van der Waals surface area contributed by atoms with E-state index in [1.807, 2.05) is 12.1 Å². The van der Waals surface area contributed by atoms with Crippen LogP contribution in [0.5, 0.6) is 11.5 Å². The van der Waals surface area contributed by atoms with Gasteiger partial charge in [0.05, 0.1) is 18.8 Å². The van der Waals surface area contributed by atoms with Crippen molar-refractivity contribution in [1.82, 2.24) is 5.32 Å². The number of carbonyl (C=O) groups excluding carboxylic acids is 2. The van der Waals surface area contributed by atoms with E-state index < -0.39 is 23.7 Å². The summed E-state index contributed by atoms with van der Waals surface area (Å²) >= 11 is 0. The van der Waals surface area contributed by atoms with Crippen LogP contribution in [0.3, 0.4) is 0 Å². The van der Waals surface area contributed by atoms with Gasteiger partial charge in [-0.1, -0.05) is 82.2 Å². The summed E-state index contributed by atoms with van der Waals surface area (Å²) in [6.07, 6.45) is 10.9. The number of phenols is 1. The van der Waals surface area contributed by atoms with Crippen molar-refractivity contribution < 1.29 is 24.5 Å². The lowest BCUT2D eigenvalue weighted by Crippen LogP contribution is -2.38. The highest BCUT2D eigenvalue weighted by Gasteiger charge is 2.40. The SMILES string of the molecule is CCCCC1CC(CC2=CCNC(N)=C2)CC2C#CC(c3ccccc3CCC(C)C)c3cc(O)c(OC)cc3CCC(=O)C(O)C(=O)C2C1. The maximum Gasteiger partial charge on any atom is 0.173 e. The molecule has 7 nitrogen and oxygen atoms in total. The number of aryl methyl sites for hydroxylation is 2. The second kappa shape index (κ2) is 17.3. The smallest absolute Gasteiger partial charge is 0.173 e. The molecule has 1 aliphatic heterocycles. The van der Waals surface area contributed by atoms with Gasteiger partial charge in [0.15, 0.2) is 29.2 Å². The van der Waals surface area contributed by atoms with Crippen LogP contribution in [-0.4, -0.2) is 41.5 Å². The number of benzene rings is 2. The summed E-state index contributed by atoms with van der Waals surface area (Å²) in [6.45, 7) is 7.32. The third kappa shape index (κ3) is 9.20. The lowest BCUT2D eigenvalue weighted by molar-refractivity contribution is -0.142. The molecule has 7 heteroatoms. The number of hydrogen-bond acceptors (Lipinski definition) is 7. The monoisotopic (exact) mass is 680 g/mol. The summed E-state index contributed by atoms with van der Waals surface area (Å²) in [5.41, 5.74) is 11.2. The number of allylic oxidation sites excluding steroid dienone is 2. The third-order valence-electron chi connectivity index (χ3n) is 10.9. The molecule has 0 amide bonds. The van der Waals surface area contributed by atoms with Crippen molar-refractivity contribution >= 4 is 11.6 Å². The minimum atomic E-state index is -1.68. The first-order valence-electron chi connectivity index (χ1n) is 18.7. The number of phenolic OH excluding ortho intramolecular Hbond substituents is 1. The van der Waals surface area contributed by atoms with Crippen molar-refractivity contribution in [3.8, 4) is 23.3 Å². The van der Waals surface area contributed by atoms with Gasteiger partial charge < -0.3 is 26.0 Å². The maximum absolute atomic E-state index is 14.2. The molecular formula is C43H56N2O5. The Kier molecular flexibility index (Phi) is 12.9. The Labute approximate surface area is 298 Å². The van der Waals surface area contributed by atoms with Crippen LogP contribution in [0.2, 0.25) is 0 Å². The van der Waals surface area contributed by atoms with Gasteiger partial charge in [0.2, 0.25) is 0 Å². The van der Waals surface area contributed by atoms with Crippen molar-refractivity contribution in [2.45, 2.75) is 103 Å². The molecule has 0 aromatic heterocycles. The predicted molar refractivity (Wildman–Crippen MR) is 199 cm³/mol. The van der Waals surface area contributed by atoms with Gasteiger partial charge in [-0.15, -0.1) is 0 Å². The Bertz CT molecular complexity index is 1650. The van der Waals surface area contributed by atoms with Gasteiger partial charge >= 0.3 is 0 Å². The number of rotatable bonds is 10. The van der Waals surface area contributed by atoms with E-state index in [1.54, 1.807) is 12.1 Å². The van der Waals surface area contributed by atoms with Crippen LogP contribution in [0.1, 0.15) is 107 Å². The van der Waals surface area contributed by atoms with Gasteiger partial charge in [0.1, 0.15) is 0 Å². The molecule has 2 aromatic rings. The third-order valence-corrected chi connectivity index (χ3v) is 10.9. The molecule has 3 aliphatic rings. The lowest BCUT2D eigenvalue weighted by Gasteiger charge is -2.26. The average Bonchev–Trinajstić information content (AvgIpc) is 3.27. The van der Waals surface area contributed by atoms with E-state index in [0.29, 0.717) is 36.9 Å². The summed E-state index contributed by atoms with van der Waals surface area (Å²) in [5, 5.41) is 25.5. The van der Waals surface area contributed by atoms with E-state index in [0.717, 1.165) is 61.6 Å². The van der Waals surface area contributed by atoms with E-state index in [9.17, 15) is 19.8 Å². The number of dihydropyridines is 1. The number of ketones is 2. The van der Waals surface area contributed by atoms with Crippen LogP contribution in [-0.2, 0) is 22.4 Å². The number of Topliss-reactive ketones (excluding diaryl/α,β-unsaturated/α-hetero) is 2. The maximum atomic E-state index is 14.2. The van der Waals surface area contributed by atoms with Crippen LogP contribution in [0, 0.1) is 41.4 Å². The molecule has 0 saturated heterocycles. The zero-order chi connectivity index (χ0) is 35.8. The van der Waals surface area contributed by atoms with Crippen LogP contribution < -0.4 is 15.8 Å². The summed E-state index contributed by atoms with van der Waals surface area (Å²) in [7, 11) is 1.50. The van der Waals surface area contributed by atoms with Crippen LogP contribution in [0.25, 0.3) is 0 Å². The Morgan fingerprint density at radius 1 is 1.04 bits per heavy atom. The molecule has 1 heterocycles. The van der Waals surface area contributed by atoms with Crippen molar-refractivity contribution in [2.75, 3.05) is 13.7 Å². The zero-order valence-electron chi connectivity index (χ0n) is 30.3. The highest BCUT2D eigenvalue weighted by atomic mass is 16.5. The van der Waals surface area contributed by atoms with E-state index >= 15 is 0 Å². The molecule has 2 aliphatic carbocycles. The van der Waals surface area contributed by atoms with Crippen molar-refractivity contribution in [2.24, 2.45) is 35.3 Å². The molecule has 6 atom stereocenters. The molecular weight excluding hydrogens is 624 g/mol. The van der Waals surface area contributed by atoms with Gasteiger partial charge in [-0.3, -0.25) is 9.59 Å². The topological polar surface area (TPSA) is 122 Å². The van der Waals surface area contributed by atoms with E-state index in [2.05, 4.69) is 62.2 Å². The van der Waals surface area contributed by atoms with Crippen molar-refractivity contribution in [1.29, 1.82) is 0 Å². The summed E-state index contributed by atoms with van der Waals surface area (Å²) < 4.78 is 5.49. The molecule has 6 unspecified atom stereocenters. The summed E-state index contributed by atoms with van der Waals surface area (Å²) in [4.78, 5) is 27.8. The molecule has 268 valence electrons. The molecule has 50 heavy (non-hydrogen) atoms. The quantitative estimate of drug-likeness (QED) is 0.156. The van der Waals surface area contributed by atoms with Gasteiger partial charge in [0, 0.05) is 24.8 Å². The number of nitrogens with one attached hydrogen (secondary N) is 1. The van der Waals surface area contributed by atoms with Crippen LogP contribution >= 0.6 is 0 Å². The molecule has 5 N–H and O–H groups in total. The number of aliphatic hydroxyl groups excluding tert-OH is 1. The number of fused-ring (bicyclic) bond motifs is 2. The summed E-state index contributed by atoms with van der Waals surface area (Å²) in [6, 6.07) is 11.9. The first kappa shape index (κ1) is 37.2. The molecule has 0 bridgehead atoms. The molecule has 0 radical (unpaired) electrons. The Balaban J connectivity index is 1.67. The summed E-state index contributed by atoms with van der Waals surface area (Å²) in [5.74, 6) is 7.26. The number of hydrogen-bond donors (Lipinski definition) is 4. The van der Waals surface area contributed by atoms with Crippen molar-refractivity contribution in [3.05, 3.63) is 82.2 Å². The standard InChI is InChI=1S/C43H56N2O5/c1-5-6-9-28-20-30(21-29-18-19-45-41(44)24-29)22-32-14-16-35(34-11-8-7-10-31(34)13-12-27(2)3)36-26-39(47)40(50-4)25-33(36)15-17-38(46)43(49)42(48)37(32)23-28/h7-8,10-11,18,24-28,30,32,35,37,43,45,47,49H,5-6,9,12-13,15,17,19-23,44H2,1-4H3. The highest BCUT2D eigenvalue weighted by Crippen LogP contribution is 2.43. The fourth-order valence-electron chi connectivity index (χ4n) is 8.20. The van der Waals surface area contributed by atoms with Gasteiger partial charge in [-0.2, -0.15) is 0 Å². The largest absolute Gasteiger partial charge is 0.504 e. The molecule has 2 aromatic carbocycles. The van der Waals surface area contributed by atoms with Crippen LogP contribution in [0.15, 0.2) is 59.9 Å². The van der Waals surface area contributed by atoms with E-state index in [4.69, 9.17) is 10.5 Å². The number of carbonyl (C=O) groups is 2. The molecule has 1 fully saturated rings. The fourth-order valence-corrected chi connectivity index (χ4v) is 8.20. The van der Waals surface area contributed by atoms with E-state index in [1.165, 1.54) is 18.2 Å². The average molecular weight is 681 g/mol. The number of unbranched alkanes of at least 4 members (excludes halogenated alkanes) is 1. The number of methoxy groups -OCH3 is 1. The minimum absolute atomic E-state index is 0.00178. The fraction of sp³-hybridized carbons (Fsp3) is 0.535. The number of aromatic hydroxyl groups is 1. The van der Waals surface area contributed by atoms with Gasteiger partial charge in [-0.05, 0) is 109 Å².